The number of rotatable bonds is 6. The standard InChI is InChI=1S/C32H33F3N4O4S/c1-18-13-19-14-24(43-3)21(27(40)37-31(17-36)9-5-10-31)15-20(19)26-22(25-7-4-12-44-25)16-23(39(18)26)28(41)38-11-6-8-30(38,2)29(42)32(33,34)35/h4,7,12,14-16,18,29,42H,5-6,8-11,13H2,1-3H3,(H,37,40)/t18-,29+,30-/m1/s1. The summed E-state index contributed by atoms with van der Waals surface area (Å²) in [5.74, 6) is -0.658. The Morgan fingerprint density at radius 3 is 2.55 bits per heavy atom. The van der Waals surface area contributed by atoms with Crippen molar-refractivity contribution in [1.82, 2.24) is 14.8 Å². The number of nitrogens with one attached hydrogen (secondary N) is 1. The second-order valence-corrected chi connectivity index (χ2v) is 13.2. The van der Waals surface area contributed by atoms with Gasteiger partial charge in [0.05, 0.1) is 30.0 Å². The first-order valence-electron chi connectivity index (χ1n) is 14.6. The van der Waals surface area contributed by atoms with Gasteiger partial charge in [0.2, 0.25) is 0 Å². The number of nitriles is 1. The lowest BCUT2D eigenvalue weighted by Crippen LogP contribution is -2.58. The van der Waals surface area contributed by atoms with E-state index in [1.54, 1.807) is 12.1 Å². The van der Waals surface area contributed by atoms with Gasteiger partial charge in [-0.15, -0.1) is 11.3 Å². The summed E-state index contributed by atoms with van der Waals surface area (Å²) < 4.78 is 48.7. The predicted octanol–water partition coefficient (Wildman–Crippen LogP) is 6.10. The second-order valence-electron chi connectivity index (χ2n) is 12.3. The molecule has 8 nitrogen and oxygen atoms in total. The number of ether oxygens (including phenoxy) is 1. The second kappa shape index (κ2) is 10.7. The Bertz CT molecular complexity index is 1670. The summed E-state index contributed by atoms with van der Waals surface area (Å²) in [5.41, 5.74) is 0.744. The quantitative estimate of drug-likeness (QED) is 0.344. The number of nitrogens with zero attached hydrogens (tertiary/aromatic N) is 3. The highest BCUT2D eigenvalue weighted by atomic mass is 32.1. The average Bonchev–Trinajstić information content (AvgIpc) is 3.72. The Hall–Kier alpha value is -3.82. The minimum absolute atomic E-state index is 0.0194. The van der Waals surface area contributed by atoms with Gasteiger partial charge in [0, 0.05) is 28.6 Å². The fourth-order valence-corrected chi connectivity index (χ4v) is 7.73. The number of hydrogen-bond donors (Lipinski definition) is 2. The van der Waals surface area contributed by atoms with Gasteiger partial charge in [-0.2, -0.15) is 18.4 Å². The minimum Gasteiger partial charge on any atom is -0.496 e. The van der Waals surface area contributed by atoms with E-state index in [-0.39, 0.29) is 30.3 Å². The van der Waals surface area contributed by atoms with Crippen LogP contribution in [0.3, 0.4) is 0 Å². The number of alkyl halides is 3. The molecule has 2 amide bonds. The van der Waals surface area contributed by atoms with E-state index in [1.165, 1.54) is 30.3 Å². The summed E-state index contributed by atoms with van der Waals surface area (Å²) in [6.45, 7) is 3.32. The van der Waals surface area contributed by atoms with Crippen LogP contribution in [0.4, 0.5) is 13.2 Å². The Morgan fingerprint density at radius 2 is 1.95 bits per heavy atom. The smallest absolute Gasteiger partial charge is 0.416 e. The molecule has 1 aromatic carbocycles. The number of aliphatic hydroxyl groups excluding tert-OH is 1. The van der Waals surface area contributed by atoms with Crippen LogP contribution in [-0.2, 0) is 6.42 Å². The molecule has 0 unspecified atom stereocenters. The third-order valence-corrected chi connectivity index (χ3v) is 10.4. The van der Waals surface area contributed by atoms with Gasteiger partial charge in [-0.1, -0.05) is 6.07 Å². The highest BCUT2D eigenvalue weighted by Gasteiger charge is 2.56. The highest BCUT2D eigenvalue weighted by molar-refractivity contribution is 7.13. The van der Waals surface area contributed by atoms with Gasteiger partial charge in [0.25, 0.3) is 11.8 Å². The monoisotopic (exact) mass is 626 g/mol. The Morgan fingerprint density at radius 1 is 1.20 bits per heavy atom. The van der Waals surface area contributed by atoms with Gasteiger partial charge in [-0.3, -0.25) is 9.59 Å². The van der Waals surface area contributed by atoms with Crippen molar-refractivity contribution in [1.29, 1.82) is 5.26 Å². The van der Waals surface area contributed by atoms with Crippen LogP contribution in [0.25, 0.3) is 21.7 Å². The van der Waals surface area contributed by atoms with E-state index in [4.69, 9.17) is 4.74 Å². The molecule has 1 saturated carbocycles. The molecular weight excluding hydrogens is 593 g/mol. The lowest BCUT2D eigenvalue weighted by molar-refractivity contribution is -0.232. The Kier molecular flexibility index (Phi) is 7.32. The first kappa shape index (κ1) is 30.2. The lowest BCUT2D eigenvalue weighted by Gasteiger charge is -2.40. The van der Waals surface area contributed by atoms with Crippen LogP contribution in [0, 0.1) is 11.3 Å². The summed E-state index contributed by atoms with van der Waals surface area (Å²) >= 11 is 1.46. The largest absolute Gasteiger partial charge is 0.496 e. The van der Waals surface area contributed by atoms with Gasteiger partial charge in [0.1, 0.15) is 17.0 Å². The van der Waals surface area contributed by atoms with Crippen LogP contribution in [0.1, 0.15) is 78.4 Å². The number of hydrogen-bond acceptors (Lipinski definition) is 6. The first-order valence-corrected chi connectivity index (χ1v) is 15.5. The number of thiophene rings is 1. The van der Waals surface area contributed by atoms with Crippen LogP contribution in [0.15, 0.2) is 35.7 Å². The molecule has 6 rings (SSSR count). The molecule has 3 aromatic rings. The van der Waals surface area contributed by atoms with Gasteiger partial charge in [-0.25, -0.2) is 0 Å². The van der Waals surface area contributed by atoms with Gasteiger partial charge >= 0.3 is 6.18 Å². The predicted molar refractivity (Wildman–Crippen MR) is 159 cm³/mol. The number of likely N-dealkylation sites (tertiary alicyclic amines) is 1. The van der Waals surface area contributed by atoms with E-state index in [0.29, 0.717) is 42.7 Å². The molecule has 1 aliphatic carbocycles. The molecule has 232 valence electrons. The van der Waals surface area contributed by atoms with E-state index >= 15 is 0 Å². The van der Waals surface area contributed by atoms with Gasteiger partial charge in [0.15, 0.2) is 6.10 Å². The number of aliphatic hydroxyl groups is 1. The van der Waals surface area contributed by atoms with Crippen molar-refractivity contribution in [3.8, 4) is 33.5 Å². The number of carbonyl (C=O) groups is 2. The maximum atomic E-state index is 14.2. The lowest BCUT2D eigenvalue weighted by atomic mass is 9.78. The maximum Gasteiger partial charge on any atom is 0.416 e. The Balaban J connectivity index is 1.50. The third-order valence-electron chi connectivity index (χ3n) is 9.52. The van der Waals surface area contributed by atoms with E-state index in [0.717, 1.165) is 22.4 Å². The minimum atomic E-state index is -4.88. The van der Waals surface area contributed by atoms with Crippen molar-refractivity contribution in [2.75, 3.05) is 13.7 Å². The zero-order valence-electron chi connectivity index (χ0n) is 24.6. The topological polar surface area (TPSA) is 108 Å². The molecule has 3 atom stereocenters. The number of amides is 2. The highest BCUT2D eigenvalue weighted by Crippen LogP contribution is 2.48. The molecule has 1 saturated heterocycles. The molecule has 0 spiro atoms. The van der Waals surface area contributed by atoms with Crippen LogP contribution in [-0.4, -0.2) is 63.4 Å². The normalized spacial score (nSPS) is 22.8. The maximum absolute atomic E-state index is 14.2. The van der Waals surface area contributed by atoms with Gasteiger partial charge < -0.3 is 24.6 Å². The molecule has 2 aliphatic heterocycles. The third kappa shape index (κ3) is 4.68. The number of benzene rings is 1. The molecule has 2 aromatic heterocycles. The van der Waals surface area contributed by atoms with Crippen molar-refractivity contribution in [2.24, 2.45) is 0 Å². The summed E-state index contributed by atoms with van der Waals surface area (Å²) in [4.78, 5) is 29.8. The van der Waals surface area contributed by atoms with E-state index in [2.05, 4.69) is 11.4 Å². The zero-order valence-corrected chi connectivity index (χ0v) is 25.4. The molecule has 0 radical (unpaired) electrons. The van der Waals surface area contributed by atoms with E-state index in [9.17, 15) is 33.1 Å². The summed E-state index contributed by atoms with van der Waals surface area (Å²) in [6.07, 6.45) is -4.77. The van der Waals surface area contributed by atoms with E-state index < -0.39 is 35.2 Å². The van der Waals surface area contributed by atoms with E-state index in [1.807, 2.05) is 35.1 Å². The van der Waals surface area contributed by atoms with Crippen LogP contribution >= 0.6 is 11.3 Å². The molecule has 44 heavy (non-hydrogen) atoms. The van der Waals surface area contributed by atoms with Crippen LogP contribution in [0.2, 0.25) is 0 Å². The molecule has 2 N–H and O–H groups in total. The van der Waals surface area contributed by atoms with Crippen molar-refractivity contribution in [3.05, 3.63) is 52.5 Å². The van der Waals surface area contributed by atoms with Crippen molar-refractivity contribution >= 4 is 23.2 Å². The SMILES string of the molecule is COc1cc2c(cc1C(=O)NC1(C#N)CCC1)-c1c(-c3cccs3)cc(C(=O)N3CCC[C@]3(C)[C@H](O)C(F)(F)F)n1[C@H](C)C2. The number of fused-ring (bicyclic) bond motifs is 3. The molecule has 4 heterocycles. The number of methoxy groups -OCH3 is 1. The fourth-order valence-electron chi connectivity index (χ4n) is 6.98. The number of aromatic nitrogens is 1. The summed E-state index contributed by atoms with van der Waals surface area (Å²) in [6, 6.07) is 11.0. The number of carbonyl (C=O) groups excluding carboxylic acids is 2. The molecule has 3 aliphatic rings. The molecule has 12 heteroatoms. The summed E-state index contributed by atoms with van der Waals surface area (Å²) in [7, 11) is 1.48. The van der Waals surface area contributed by atoms with Crippen LogP contribution < -0.4 is 10.1 Å². The van der Waals surface area contributed by atoms with Gasteiger partial charge in [-0.05, 0) is 87.6 Å². The summed E-state index contributed by atoms with van der Waals surface area (Å²) in [5, 5.41) is 24.8. The van der Waals surface area contributed by atoms with Crippen molar-refractivity contribution in [2.45, 2.75) is 81.8 Å². The first-order chi connectivity index (χ1) is 20.8. The molecule has 0 bridgehead atoms. The number of halogens is 3. The average molecular weight is 627 g/mol. The zero-order chi connectivity index (χ0) is 31.6. The van der Waals surface area contributed by atoms with Crippen molar-refractivity contribution in [3.63, 3.8) is 0 Å². The fraction of sp³-hybridized carbons (Fsp3) is 0.469. The van der Waals surface area contributed by atoms with Crippen molar-refractivity contribution < 1.29 is 32.6 Å². The molecular formula is C32H33F3N4O4S. The van der Waals surface area contributed by atoms with Crippen LogP contribution in [0.5, 0.6) is 5.75 Å². The Labute approximate surface area is 257 Å². The molecule has 2 fully saturated rings.